The zero-order valence-electron chi connectivity index (χ0n) is 16.7. The van der Waals surface area contributed by atoms with Crippen molar-refractivity contribution in [3.8, 4) is 0 Å². The van der Waals surface area contributed by atoms with Crippen molar-refractivity contribution in [1.29, 1.82) is 0 Å². The summed E-state index contributed by atoms with van der Waals surface area (Å²) in [6.45, 7) is 3.98. The molecule has 0 aliphatic carbocycles. The largest absolute Gasteiger partial charge is 0.349 e. The van der Waals surface area contributed by atoms with E-state index in [0.29, 0.717) is 11.6 Å². The molecule has 0 fully saturated rings. The number of carbonyl (C=O) groups is 1. The topological polar surface area (TPSA) is 72.7 Å². The first kappa shape index (κ1) is 19.4. The van der Waals surface area contributed by atoms with Crippen molar-refractivity contribution in [2.24, 2.45) is 7.05 Å². The van der Waals surface area contributed by atoms with Gasteiger partial charge >= 0.3 is 0 Å². The van der Waals surface area contributed by atoms with Crippen molar-refractivity contribution in [3.05, 3.63) is 60.2 Å². The number of nitrogens with one attached hydrogen (secondary N) is 1. The van der Waals surface area contributed by atoms with Crippen LogP contribution < -0.4 is 5.32 Å². The summed E-state index contributed by atoms with van der Waals surface area (Å²) < 4.78 is 2.02. The predicted molar refractivity (Wildman–Crippen MR) is 117 cm³/mol. The molecule has 2 aromatic heterocycles. The van der Waals surface area contributed by atoms with Gasteiger partial charge < -0.3 is 9.88 Å². The second-order valence-corrected chi connectivity index (χ2v) is 8.17. The first-order valence-electron chi connectivity index (χ1n) is 9.68. The SMILES string of the molecule is CCC(Sc1nnc2c3ccccc3n(C)c2n1)C(=O)NC(C)c1ccccc1. The number of hydrogen-bond donors (Lipinski definition) is 1. The highest BCUT2D eigenvalue weighted by Crippen LogP contribution is 2.28. The van der Waals surface area contributed by atoms with Crippen LogP contribution in [0.5, 0.6) is 0 Å². The number of thioether (sulfide) groups is 1. The molecule has 2 heterocycles. The Labute approximate surface area is 173 Å². The number of hydrogen-bond acceptors (Lipinski definition) is 5. The first-order valence-corrected chi connectivity index (χ1v) is 10.6. The van der Waals surface area contributed by atoms with Gasteiger partial charge in [0.1, 0.15) is 5.52 Å². The molecule has 4 rings (SSSR count). The van der Waals surface area contributed by atoms with Crippen molar-refractivity contribution < 1.29 is 4.79 Å². The second kappa shape index (κ2) is 8.21. The van der Waals surface area contributed by atoms with E-state index in [2.05, 4.69) is 15.5 Å². The van der Waals surface area contributed by atoms with E-state index in [9.17, 15) is 4.79 Å². The molecule has 6 nitrogen and oxygen atoms in total. The summed E-state index contributed by atoms with van der Waals surface area (Å²) in [5, 5.41) is 13.0. The zero-order valence-corrected chi connectivity index (χ0v) is 17.5. The van der Waals surface area contributed by atoms with Crippen LogP contribution in [0.4, 0.5) is 0 Å². The fourth-order valence-electron chi connectivity index (χ4n) is 3.42. The fourth-order valence-corrected chi connectivity index (χ4v) is 4.25. The average Bonchev–Trinajstić information content (AvgIpc) is 3.04. The lowest BCUT2D eigenvalue weighted by molar-refractivity contribution is -0.121. The number of nitrogens with zero attached hydrogens (tertiary/aromatic N) is 4. The maximum absolute atomic E-state index is 12.8. The van der Waals surface area contributed by atoms with E-state index in [1.165, 1.54) is 11.8 Å². The van der Waals surface area contributed by atoms with Gasteiger partial charge in [0.05, 0.1) is 16.8 Å². The van der Waals surface area contributed by atoms with Gasteiger partial charge in [0.15, 0.2) is 5.65 Å². The molecule has 2 atom stereocenters. The first-order chi connectivity index (χ1) is 14.1. The van der Waals surface area contributed by atoms with E-state index in [4.69, 9.17) is 4.98 Å². The molecule has 7 heteroatoms. The molecule has 1 N–H and O–H groups in total. The van der Waals surface area contributed by atoms with Gasteiger partial charge in [-0.1, -0.05) is 67.2 Å². The van der Waals surface area contributed by atoms with Crippen LogP contribution in [0.3, 0.4) is 0 Å². The Kier molecular flexibility index (Phi) is 5.49. The molecule has 1 amide bonds. The Bertz CT molecular complexity index is 1160. The van der Waals surface area contributed by atoms with Crippen LogP contribution in [0, 0.1) is 0 Å². The van der Waals surface area contributed by atoms with E-state index >= 15 is 0 Å². The van der Waals surface area contributed by atoms with Crippen LogP contribution in [0.2, 0.25) is 0 Å². The molecule has 2 unspecified atom stereocenters. The van der Waals surface area contributed by atoms with Gasteiger partial charge in [-0.05, 0) is 25.0 Å². The minimum atomic E-state index is -0.282. The summed E-state index contributed by atoms with van der Waals surface area (Å²) in [5.41, 5.74) is 3.70. The second-order valence-electron chi connectivity index (χ2n) is 7.00. The third-order valence-corrected chi connectivity index (χ3v) is 6.27. The van der Waals surface area contributed by atoms with Crippen LogP contribution >= 0.6 is 11.8 Å². The van der Waals surface area contributed by atoms with Crippen LogP contribution in [-0.2, 0) is 11.8 Å². The minimum absolute atomic E-state index is 0.0189. The predicted octanol–water partition coefficient (Wildman–Crippen LogP) is 4.26. The Morgan fingerprint density at radius 3 is 2.59 bits per heavy atom. The van der Waals surface area contributed by atoms with Gasteiger partial charge in [-0.25, -0.2) is 4.98 Å². The van der Waals surface area contributed by atoms with E-state index in [1.54, 1.807) is 0 Å². The van der Waals surface area contributed by atoms with Crippen LogP contribution in [0.1, 0.15) is 31.9 Å². The molecule has 0 saturated carbocycles. The third-order valence-electron chi connectivity index (χ3n) is 5.06. The summed E-state index contributed by atoms with van der Waals surface area (Å²) >= 11 is 1.36. The monoisotopic (exact) mass is 405 g/mol. The summed E-state index contributed by atoms with van der Waals surface area (Å²) in [7, 11) is 1.97. The van der Waals surface area contributed by atoms with E-state index in [0.717, 1.165) is 27.6 Å². The highest BCUT2D eigenvalue weighted by Gasteiger charge is 2.22. The molecule has 0 aliphatic heterocycles. The lowest BCUT2D eigenvalue weighted by atomic mass is 10.1. The highest BCUT2D eigenvalue weighted by molar-refractivity contribution is 8.00. The lowest BCUT2D eigenvalue weighted by Gasteiger charge is -2.18. The van der Waals surface area contributed by atoms with Crippen molar-refractivity contribution >= 4 is 39.7 Å². The summed E-state index contributed by atoms with van der Waals surface area (Å²) in [4.78, 5) is 17.5. The molecular weight excluding hydrogens is 382 g/mol. The molecule has 0 aliphatic rings. The molecule has 0 saturated heterocycles. The van der Waals surface area contributed by atoms with Crippen molar-refractivity contribution in [1.82, 2.24) is 25.1 Å². The smallest absolute Gasteiger partial charge is 0.234 e. The molecule has 0 bridgehead atoms. The number of aryl methyl sites for hydroxylation is 1. The van der Waals surface area contributed by atoms with Crippen LogP contribution in [0.25, 0.3) is 22.1 Å². The standard InChI is InChI=1S/C22H23N5OS/c1-4-18(21(28)23-14(2)15-10-6-5-7-11-15)29-22-24-20-19(25-26-22)16-12-8-9-13-17(16)27(20)3/h5-14,18H,4H2,1-3H3,(H,23,28). The van der Waals surface area contributed by atoms with Gasteiger partial charge in [-0.15, -0.1) is 10.2 Å². The number of aromatic nitrogens is 4. The van der Waals surface area contributed by atoms with E-state index in [1.807, 2.05) is 80.1 Å². The van der Waals surface area contributed by atoms with E-state index in [-0.39, 0.29) is 17.2 Å². The van der Waals surface area contributed by atoms with Crippen LogP contribution in [0.15, 0.2) is 59.8 Å². The summed E-state index contributed by atoms with van der Waals surface area (Å²) in [6.07, 6.45) is 0.675. The molecule has 4 aromatic rings. The maximum atomic E-state index is 12.8. The quantitative estimate of drug-likeness (QED) is 0.485. The lowest BCUT2D eigenvalue weighted by Crippen LogP contribution is -2.34. The Morgan fingerprint density at radius 1 is 1.10 bits per heavy atom. The number of fused-ring (bicyclic) bond motifs is 3. The minimum Gasteiger partial charge on any atom is -0.349 e. The van der Waals surface area contributed by atoms with Gasteiger partial charge in [0.2, 0.25) is 11.1 Å². The van der Waals surface area contributed by atoms with Crippen LogP contribution in [-0.4, -0.2) is 30.9 Å². The Morgan fingerprint density at radius 2 is 1.83 bits per heavy atom. The number of amides is 1. The number of benzene rings is 2. The molecule has 148 valence electrons. The van der Waals surface area contributed by atoms with Crippen molar-refractivity contribution in [2.45, 2.75) is 36.7 Å². The Hall–Kier alpha value is -2.93. The van der Waals surface area contributed by atoms with Gasteiger partial charge in [0.25, 0.3) is 0 Å². The molecular formula is C22H23N5OS. The summed E-state index contributed by atoms with van der Waals surface area (Å²) in [5.74, 6) is -0.0189. The maximum Gasteiger partial charge on any atom is 0.234 e. The highest BCUT2D eigenvalue weighted by atomic mass is 32.2. The van der Waals surface area contributed by atoms with Gasteiger partial charge in [-0.2, -0.15) is 0 Å². The third kappa shape index (κ3) is 3.82. The van der Waals surface area contributed by atoms with E-state index < -0.39 is 0 Å². The fraction of sp³-hybridized carbons (Fsp3) is 0.273. The number of rotatable bonds is 6. The zero-order chi connectivity index (χ0) is 20.4. The molecule has 0 spiro atoms. The molecule has 2 aromatic carbocycles. The van der Waals surface area contributed by atoms with Gasteiger partial charge in [-0.3, -0.25) is 4.79 Å². The summed E-state index contributed by atoms with van der Waals surface area (Å²) in [6, 6.07) is 17.9. The number of carbonyl (C=O) groups excluding carboxylic acids is 1. The van der Waals surface area contributed by atoms with Crippen molar-refractivity contribution in [2.75, 3.05) is 0 Å². The normalized spacial score (nSPS) is 13.5. The van der Waals surface area contributed by atoms with Crippen molar-refractivity contribution in [3.63, 3.8) is 0 Å². The average molecular weight is 406 g/mol. The molecule has 29 heavy (non-hydrogen) atoms. The van der Waals surface area contributed by atoms with Gasteiger partial charge in [0, 0.05) is 12.4 Å². The number of para-hydroxylation sites is 1. The molecule has 0 radical (unpaired) electrons. The Balaban J connectivity index is 1.55.